The van der Waals surface area contributed by atoms with Crippen LogP contribution >= 0.6 is 0 Å². The van der Waals surface area contributed by atoms with Crippen LogP contribution in [0, 0.1) is 5.92 Å². The molecule has 2 atom stereocenters. The molecule has 1 aliphatic rings. The third kappa shape index (κ3) is 2.36. The third-order valence-electron chi connectivity index (χ3n) is 1.82. The first-order valence-corrected chi connectivity index (χ1v) is 3.55. The van der Waals surface area contributed by atoms with E-state index in [4.69, 9.17) is 5.11 Å². The standard InChI is InChI=1S/C6H12N2O3/c9-5-3-7-1-4(5)2-8-6(10)11/h4-5,7-9H,1-3H2,(H,10,11). The van der Waals surface area contributed by atoms with E-state index in [9.17, 15) is 9.90 Å². The van der Waals surface area contributed by atoms with Crippen LogP contribution < -0.4 is 10.6 Å². The van der Waals surface area contributed by atoms with Crippen LogP contribution in [0.4, 0.5) is 4.79 Å². The second kappa shape index (κ2) is 3.54. The fraction of sp³-hybridized carbons (Fsp3) is 0.833. The minimum atomic E-state index is -1.04. The predicted octanol–water partition coefficient (Wildman–Crippen LogP) is -1.17. The molecule has 0 aliphatic carbocycles. The molecule has 0 bridgehead atoms. The first kappa shape index (κ1) is 8.29. The maximum atomic E-state index is 10.0. The van der Waals surface area contributed by atoms with Crippen LogP contribution in [0.25, 0.3) is 0 Å². The molecule has 1 amide bonds. The van der Waals surface area contributed by atoms with Gasteiger partial charge in [0.05, 0.1) is 6.10 Å². The number of amides is 1. The van der Waals surface area contributed by atoms with Crippen LogP contribution in [0.3, 0.4) is 0 Å². The van der Waals surface area contributed by atoms with Crippen molar-refractivity contribution in [3.8, 4) is 0 Å². The number of hydrogen-bond donors (Lipinski definition) is 4. The summed E-state index contributed by atoms with van der Waals surface area (Å²) in [6.07, 6.45) is -1.45. The monoisotopic (exact) mass is 160 g/mol. The highest BCUT2D eigenvalue weighted by Crippen LogP contribution is 2.06. The van der Waals surface area contributed by atoms with Crippen LogP contribution in [0.5, 0.6) is 0 Å². The minimum absolute atomic E-state index is 0.0195. The molecule has 0 saturated carbocycles. The van der Waals surface area contributed by atoms with E-state index in [0.29, 0.717) is 19.6 Å². The molecule has 1 fully saturated rings. The van der Waals surface area contributed by atoms with Crippen molar-refractivity contribution < 1.29 is 15.0 Å². The number of nitrogens with one attached hydrogen (secondary N) is 2. The summed E-state index contributed by atoms with van der Waals surface area (Å²) in [5.74, 6) is 0.0195. The Hall–Kier alpha value is -0.810. The molecule has 5 nitrogen and oxygen atoms in total. The Bertz CT molecular complexity index is 151. The Balaban J connectivity index is 2.20. The highest BCUT2D eigenvalue weighted by Gasteiger charge is 2.24. The van der Waals surface area contributed by atoms with Crippen molar-refractivity contribution in [1.29, 1.82) is 0 Å². The molecule has 11 heavy (non-hydrogen) atoms. The molecular formula is C6H12N2O3. The van der Waals surface area contributed by atoms with E-state index in [1.54, 1.807) is 0 Å². The van der Waals surface area contributed by atoms with Gasteiger partial charge >= 0.3 is 6.09 Å². The third-order valence-corrected chi connectivity index (χ3v) is 1.82. The zero-order valence-electron chi connectivity index (χ0n) is 6.08. The summed E-state index contributed by atoms with van der Waals surface area (Å²) >= 11 is 0. The fourth-order valence-electron chi connectivity index (χ4n) is 1.15. The lowest BCUT2D eigenvalue weighted by Crippen LogP contribution is -2.33. The largest absolute Gasteiger partial charge is 0.465 e. The van der Waals surface area contributed by atoms with Crippen LogP contribution in [0.15, 0.2) is 0 Å². The van der Waals surface area contributed by atoms with E-state index in [1.165, 1.54) is 0 Å². The van der Waals surface area contributed by atoms with Gasteiger partial charge in [-0.15, -0.1) is 0 Å². The second-order valence-corrected chi connectivity index (χ2v) is 2.67. The average Bonchev–Trinajstić information content (AvgIpc) is 2.31. The summed E-state index contributed by atoms with van der Waals surface area (Å²) in [6.45, 7) is 1.57. The van der Waals surface area contributed by atoms with Gasteiger partial charge < -0.3 is 20.8 Å². The summed E-state index contributed by atoms with van der Waals surface area (Å²) in [4.78, 5) is 10.0. The maximum absolute atomic E-state index is 10.0. The van der Waals surface area contributed by atoms with E-state index in [2.05, 4.69) is 10.6 Å². The first-order chi connectivity index (χ1) is 5.20. The Labute approximate surface area is 64.4 Å². The highest BCUT2D eigenvalue weighted by molar-refractivity contribution is 5.64. The number of aliphatic hydroxyl groups is 1. The van der Waals surface area contributed by atoms with E-state index in [-0.39, 0.29) is 5.92 Å². The summed E-state index contributed by atoms with van der Waals surface area (Å²) in [5.41, 5.74) is 0. The van der Waals surface area contributed by atoms with Crippen LogP contribution in [-0.2, 0) is 0 Å². The van der Waals surface area contributed by atoms with Gasteiger partial charge in [0.15, 0.2) is 0 Å². The zero-order chi connectivity index (χ0) is 8.27. The molecule has 4 N–H and O–H groups in total. The molecule has 0 aromatic heterocycles. The van der Waals surface area contributed by atoms with Crippen molar-refractivity contribution in [2.24, 2.45) is 5.92 Å². The lowest BCUT2D eigenvalue weighted by Gasteiger charge is -2.11. The van der Waals surface area contributed by atoms with Gasteiger partial charge in [0.1, 0.15) is 0 Å². The molecule has 1 saturated heterocycles. The molecule has 1 rings (SSSR count). The van der Waals surface area contributed by atoms with Crippen LogP contribution in [0.2, 0.25) is 0 Å². The maximum Gasteiger partial charge on any atom is 0.404 e. The molecule has 1 heterocycles. The lowest BCUT2D eigenvalue weighted by atomic mass is 10.1. The Morgan fingerprint density at radius 2 is 2.36 bits per heavy atom. The molecule has 5 heteroatoms. The number of β-amino-alcohol motifs (C(OH)–C–C–N with tert-alkyl or cyclic N) is 1. The van der Waals surface area contributed by atoms with E-state index >= 15 is 0 Å². The second-order valence-electron chi connectivity index (χ2n) is 2.67. The van der Waals surface area contributed by atoms with Gasteiger partial charge in [-0.05, 0) is 0 Å². The van der Waals surface area contributed by atoms with Gasteiger partial charge in [-0.3, -0.25) is 0 Å². The van der Waals surface area contributed by atoms with Crippen molar-refractivity contribution in [1.82, 2.24) is 10.6 Å². The fourth-order valence-corrected chi connectivity index (χ4v) is 1.15. The van der Waals surface area contributed by atoms with Gasteiger partial charge in [0, 0.05) is 25.6 Å². The van der Waals surface area contributed by atoms with Crippen molar-refractivity contribution >= 4 is 6.09 Å². The predicted molar refractivity (Wildman–Crippen MR) is 38.4 cm³/mol. The molecule has 1 aliphatic heterocycles. The van der Waals surface area contributed by atoms with Crippen molar-refractivity contribution in [3.05, 3.63) is 0 Å². The smallest absolute Gasteiger partial charge is 0.404 e. The number of carboxylic acid groups (broad SMARTS) is 1. The number of rotatable bonds is 2. The van der Waals surface area contributed by atoms with Crippen molar-refractivity contribution in [3.63, 3.8) is 0 Å². The summed E-state index contributed by atoms with van der Waals surface area (Å²) in [7, 11) is 0. The van der Waals surface area contributed by atoms with Gasteiger partial charge in [-0.25, -0.2) is 4.79 Å². The quantitative estimate of drug-likeness (QED) is 0.410. The SMILES string of the molecule is O=C(O)NCC1CNCC1O. The van der Waals surface area contributed by atoms with Crippen molar-refractivity contribution in [2.75, 3.05) is 19.6 Å². The van der Waals surface area contributed by atoms with Crippen LogP contribution in [-0.4, -0.2) is 42.0 Å². The number of carbonyl (C=O) groups is 1. The number of hydrogen-bond acceptors (Lipinski definition) is 3. The molecule has 0 aromatic carbocycles. The normalized spacial score (nSPS) is 30.3. The van der Waals surface area contributed by atoms with Gasteiger partial charge in [0.2, 0.25) is 0 Å². The average molecular weight is 160 g/mol. The Morgan fingerprint density at radius 1 is 1.64 bits per heavy atom. The lowest BCUT2D eigenvalue weighted by molar-refractivity contribution is 0.143. The van der Waals surface area contributed by atoms with Crippen molar-refractivity contribution in [2.45, 2.75) is 6.10 Å². The van der Waals surface area contributed by atoms with Crippen LogP contribution in [0.1, 0.15) is 0 Å². The first-order valence-electron chi connectivity index (χ1n) is 3.55. The molecule has 0 aromatic rings. The highest BCUT2D eigenvalue weighted by atomic mass is 16.4. The van der Waals surface area contributed by atoms with E-state index in [0.717, 1.165) is 0 Å². The minimum Gasteiger partial charge on any atom is -0.465 e. The molecular weight excluding hydrogens is 148 g/mol. The summed E-state index contributed by atoms with van der Waals surface area (Å²) in [6, 6.07) is 0. The van der Waals surface area contributed by atoms with Gasteiger partial charge in [-0.2, -0.15) is 0 Å². The molecule has 0 radical (unpaired) electrons. The summed E-state index contributed by atoms with van der Waals surface area (Å²) < 4.78 is 0. The molecule has 64 valence electrons. The van der Waals surface area contributed by atoms with Gasteiger partial charge in [-0.1, -0.05) is 0 Å². The summed E-state index contributed by atoms with van der Waals surface area (Å²) in [5, 5.41) is 22.7. The van der Waals surface area contributed by atoms with E-state index in [1.807, 2.05) is 0 Å². The molecule has 2 unspecified atom stereocenters. The van der Waals surface area contributed by atoms with E-state index < -0.39 is 12.2 Å². The Morgan fingerprint density at radius 3 is 2.82 bits per heavy atom. The zero-order valence-corrected chi connectivity index (χ0v) is 6.08. The number of aliphatic hydroxyl groups excluding tert-OH is 1. The molecule has 0 spiro atoms. The topological polar surface area (TPSA) is 81.6 Å². The van der Waals surface area contributed by atoms with Gasteiger partial charge in [0.25, 0.3) is 0 Å². The Kier molecular flexibility index (Phi) is 2.67.